The molecule has 1 aromatic heterocycles. The van der Waals surface area contributed by atoms with Gasteiger partial charge in [-0.1, -0.05) is 18.2 Å². The van der Waals surface area contributed by atoms with Crippen molar-refractivity contribution in [1.82, 2.24) is 14.8 Å². The van der Waals surface area contributed by atoms with Crippen molar-refractivity contribution in [3.63, 3.8) is 0 Å². The van der Waals surface area contributed by atoms with E-state index in [-0.39, 0.29) is 22.3 Å². The molecule has 1 N–H and O–H groups in total. The topological polar surface area (TPSA) is 65.5 Å². The molecule has 0 unspecified atom stereocenters. The summed E-state index contributed by atoms with van der Waals surface area (Å²) in [7, 11) is 0. The lowest BCUT2D eigenvalue weighted by Crippen LogP contribution is -2.48. The quantitative estimate of drug-likeness (QED) is 0.817. The smallest absolute Gasteiger partial charge is 0.273 e. The summed E-state index contributed by atoms with van der Waals surface area (Å²) in [4.78, 5) is 32.8. The number of benzene rings is 1. The van der Waals surface area contributed by atoms with Crippen molar-refractivity contribution >= 4 is 28.3 Å². The van der Waals surface area contributed by atoms with Crippen LogP contribution >= 0.6 is 11.3 Å². The highest BCUT2D eigenvalue weighted by Crippen LogP contribution is 2.19. The van der Waals surface area contributed by atoms with Crippen LogP contribution in [0.5, 0.6) is 0 Å². The highest BCUT2D eigenvalue weighted by atomic mass is 32.1. The minimum Gasteiger partial charge on any atom is -0.335 e. The third kappa shape index (κ3) is 4.14. The molecule has 0 aliphatic carbocycles. The summed E-state index contributed by atoms with van der Waals surface area (Å²) in [6.07, 6.45) is 1.85. The van der Waals surface area contributed by atoms with Crippen molar-refractivity contribution in [3.05, 3.63) is 59.4 Å². The van der Waals surface area contributed by atoms with E-state index in [1.54, 1.807) is 16.3 Å². The first-order chi connectivity index (χ1) is 12.6. The second kappa shape index (κ2) is 8.20. The Balaban J connectivity index is 1.61. The lowest BCUT2D eigenvalue weighted by molar-refractivity contribution is 0.0645. The number of anilines is 1. The Labute approximate surface area is 154 Å². The maximum Gasteiger partial charge on any atom is 0.273 e. The number of aromatic nitrogens is 1. The van der Waals surface area contributed by atoms with Crippen LogP contribution in [0, 0.1) is 5.82 Å². The molecule has 0 spiro atoms. The van der Waals surface area contributed by atoms with Crippen molar-refractivity contribution in [2.24, 2.45) is 0 Å². The lowest BCUT2D eigenvalue weighted by atomic mass is 10.2. The highest BCUT2D eigenvalue weighted by Gasteiger charge is 2.23. The average molecular weight is 374 g/mol. The molecule has 26 heavy (non-hydrogen) atoms. The standard InChI is InChI=1S/C18H19FN4O2S/c1-2-7-22-8-10-23(11-9-22)17(25)15-12-26-18(20-15)21-16(24)13-5-3-4-6-14(13)19/h2-6,12H,1,7-11H2,(H,20,21,24). The molecule has 1 fully saturated rings. The van der Waals surface area contributed by atoms with Crippen LogP contribution in [0.2, 0.25) is 0 Å². The first-order valence-corrected chi connectivity index (χ1v) is 9.10. The van der Waals surface area contributed by atoms with Gasteiger partial charge >= 0.3 is 0 Å². The molecule has 0 bridgehead atoms. The molecule has 0 atom stereocenters. The van der Waals surface area contributed by atoms with Crippen molar-refractivity contribution < 1.29 is 14.0 Å². The number of hydrogen-bond donors (Lipinski definition) is 1. The lowest BCUT2D eigenvalue weighted by Gasteiger charge is -2.33. The number of rotatable bonds is 5. The summed E-state index contributed by atoms with van der Waals surface area (Å²) in [6, 6.07) is 5.71. The van der Waals surface area contributed by atoms with Gasteiger partial charge in [0, 0.05) is 38.1 Å². The van der Waals surface area contributed by atoms with Crippen LogP contribution in [0.15, 0.2) is 42.3 Å². The van der Waals surface area contributed by atoms with E-state index in [1.807, 2.05) is 6.08 Å². The molecule has 1 aliphatic rings. The Kier molecular flexibility index (Phi) is 5.75. The Hall–Kier alpha value is -2.58. The fourth-order valence-electron chi connectivity index (χ4n) is 2.72. The van der Waals surface area contributed by atoms with Gasteiger partial charge in [-0.05, 0) is 12.1 Å². The zero-order valence-corrected chi connectivity index (χ0v) is 15.0. The largest absolute Gasteiger partial charge is 0.335 e. The van der Waals surface area contributed by atoms with Crippen LogP contribution in [0.1, 0.15) is 20.8 Å². The first kappa shape index (κ1) is 18.2. The van der Waals surface area contributed by atoms with Crippen LogP contribution in [-0.2, 0) is 0 Å². The fraction of sp³-hybridized carbons (Fsp3) is 0.278. The second-order valence-electron chi connectivity index (χ2n) is 5.85. The van der Waals surface area contributed by atoms with E-state index in [0.717, 1.165) is 31.0 Å². The SMILES string of the molecule is C=CCN1CCN(C(=O)c2csc(NC(=O)c3ccccc3F)n2)CC1. The van der Waals surface area contributed by atoms with E-state index in [0.29, 0.717) is 13.1 Å². The van der Waals surface area contributed by atoms with Crippen molar-refractivity contribution in [2.75, 3.05) is 38.0 Å². The summed E-state index contributed by atoms with van der Waals surface area (Å²) in [5, 5.41) is 4.42. The molecule has 1 saturated heterocycles. The molecular formula is C18H19FN4O2S. The van der Waals surface area contributed by atoms with Crippen molar-refractivity contribution in [3.8, 4) is 0 Å². The molecule has 1 aliphatic heterocycles. The van der Waals surface area contributed by atoms with Crippen LogP contribution in [-0.4, -0.2) is 59.3 Å². The van der Waals surface area contributed by atoms with Gasteiger partial charge < -0.3 is 4.90 Å². The van der Waals surface area contributed by atoms with Crippen LogP contribution < -0.4 is 5.32 Å². The molecule has 1 aromatic carbocycles. The number of nitrogens with one attached hydrogen (secondary N) is 1. The van der Waals surface area contributed by atoms with Gasteiger partial charge in [0.25, 0.3) is 11.8 Å². The Morgan fingerprint density at radius 3 is 2.69 bits per heavy atom. The molecule has 2 aromatic rings. The predicted octanol–water partition coefficient (Wildman–Crippen LogP) is 2.48. The average Bonchev–Trinajstić information content (AvgIpc) is 3.11. The molecular weight excluding hydrogens is 355 g/mol. The van der Waals surface area contributed by atoms with Gasteiger partial charge in [-0.15, -0.1) is 17.9 Å². The van der Waals surface area contributed by atoms with Gasteiger partial charge in [-0.3, -0.25) is 19.8 Å². The van der Waals surface area contributed by atoms with E-state index in [1.165, 1.54) is 18.2 Å². The number of hydrogen-bond acceptors (Lipinski definition) is 5. The number of halogens is 1. The fourth-order valence-corrected chi connectivity index (χ4v) is 3.40. The highest BCUT2D eigenvalue weighted by molar-refractivity contribution is 7.14. The zero-order chi connectivity index (χ0) is 18.5. The summed E-state index contributed by atoms with van der Waals surface area (Å²) in [5.41, 5.74) is 0.227. The normalized spacial score (nSPS) is 14.9. The summed E-state index contributed by atoms with van der Waals surface area (Å²) in [5.74, 6) is -1.35. The molecule has 136 valence electrons. The minimum absolute atomic E-state index is 0.0612. The van der Waals surface area contributed by atoms with Crippen molar-refractivity contribution in [1.29, 1.82) is 0 Å². The molecule has 3 rings (SSSR count). The zero-order valence-electron chi connectivity index (χ0n) is 14.2. The molecule has 2 heterocycles. The Morgan fingerprint density at radius 1 is 1.27 bits per heavy atom. The number of amides is 2. The van der Waals surface area contributed by atoms with E-state index < -0.39 is 11.7 Å². The van der Waals surface area contributed by atoms with Crippen molar-refractivity contribution in [2.45, 2.75) is 0 Å². The summed E-state index contributed by atoms with van der Waals surface area (Å²) >= 11 is 1.14. The third-order valence-corrected chi connectivity index (χ3v) is 4.87. The molecule has 6 nitrogen and oxygen atoms in total. The maximum absolute atomic E-state index is 13.7. The molecule has 2 amide bonds. The number of nitrogens with zero attached hydrogens (tertiary/aromatic N) is 3. The Morgan fingerprint density at radius 2 is 2.00 bits per heavy atom. The van der Waals surface area contributed by atoms with Gasteiger partial charge in [0.1, 0.15) is 11.5 Å². The van der Waals surface area contributed by atoms with Gasteiger partial charge in [-0.2, -0.15) is 0 Å². The van der Waals surface area contributed by atoms with Gasteiger partial charge in [0.2, 0.25) is 0 Å². The van der Waals surface area contributed by atoms with Crippen LogP contribution in [0.4, 0.5) is 9.52 Å². The maximum atomic E-state index is 13.7. The number of piperazine rings is 1. The van der Waals surface area contributed by atoms with Gasteiger partial charge in [0.15, 0.2) is 5.13 Å². The Bertz CT molecular complexity index is 815. The number of thiazole rings is 1. The van der Waals surface area contributed by atoms with Crippen LogP contribution in [0.25, 0.3) is 0 Å². The monoisotopic (exact) mass is 374 g/mol. The molecule has 0 saturated carbocycles. The van der Waals surface area contributed by atoms with Gasteiger partial charge in [0.05, 0.1) is 5.56 Å². The van der Waals surface area contributed by atoms with E-state index in [2.05, 4.69) is 21.8 Å². The number of carbonyl (C=O) groups excluding carboxylic acids is 2. The summed E-state index contributed by atoms with van der Waals surface area (Å²) in [6.45, 7) is 7.36. The predicted molar refractivity (Wildman–Crippen MR) is 99.0 cm³/mol. The first-order valence-electron chi connectivity index (χ1n) is 8.22. The molecule has 0 radical (unpaired) electrons. The van der Waals surface area contributed by atoms with Gasteiger partial charge in [-0.25, -0.2) is 9.37 Å². The van der Waals surface area contributed by atoms with E-state index in [4.69, 9.17) is 0 Å². The second-order valence-corrected chi connectivity index (χ2v) is 6.71. The van der Waals surface area contributed by atoms with E-state index >= 15 is 0 Å². The number of carbonyl (C=O) groups is 2. The van der Waals surface area contributed by atoms with Crippen LogP contribution in [0.3, 0.4) is 0 Å². The minimum atomic E-state index is -0.602. The summed E-state index contributed by atoms with van der Waals surface area (Å²) < 4.78 is 13.7. The molecule has 8 heteroatoms. The van der Waals surface area contributed by atoms with E-state index in [9.17, 15) is 14.0 Å². The third-order valence-electron chi connectivity index (χ3n) is 4.11.